The summed E-state index contributed by atoms with van der Waals surface area (Å²) >= 11 is 3.44. The summed E-state index contributed by atoms with van der Waals surface area (Å²) in [6.07, 6.45) is 0.245. The van der Waals surface area contributed by atoms with Crippen LogP contribution < -0.4 is 10.1 Å². The second kappa shape index (κ2) is 7.24. The number of nitrogens with zero attached hydrogens (tertiary/aromatic N) is 1. The predicted octanol–water partition coefficient (Wildman–Crippen LogP) is 1.79. The van der Waals surface area contributed by atoms with E-state index in [4.69, 9.17) is 4.74 Å². The van der Waals surface area contributed by atoms with E-state index >= 15 is 0 Å². The monoisotopic (exact) mass is 328 g/mol. The van der Waals surface area contributed by atoms with Crippen molar-refractivity contribution in [1.29, 1.82) is 0 Å². The molecule has 1 atom stereocenters. The van der Waals surface area contributed by atoms with Crippen molar-refractivity contribution in [3.63, 3.8) is 0 Å². The van der Waals surface area contributed by atoms with Gasteiger partial charge < -0.3 is 20.1 Å². The zero-order chi connectivity index (χ0) is 13.7. The van der Waals surface area contributed by atoms with Crippen molar-refractivity contribution in [1.82, 2.24) is 10.2 Å². The van der Waals surface area contributed by atoms with E-state index in [1.165, 1.54) is 0 Å². The highest BCUT2D eigenvalue weighted by Crippen LogP contribution is 2.30. The smallest absolute Gasteiger partial charge is 0.124 e. The van der Waals surface area contributed by atoms with Crippen LogP contribution in [0.15, 0.2) is 22.7 Å². The predicted molar refractivity (Wildman–Crippen MR) is 79.6 cm³/mol. The molecule has 0 aromatic heterocycles. The molecule has 1 fully saturated rings. The van der Waals surface area contributed by atoms with Crippen LogP contribution in [0.3, 0.4) is 0 Å². The fraction of sp³-hybridized carbons (Fsp3) is 0.571. The fourth-order valence-corrected chi connectivity index (χ4v) is 2.74. The largest absolute Gasteiger partial charge is 0.496 e. The number of aliphatic hydroxyl groups excluding tert-OH is 1. The summed E-state index contributed by atoms with van der Waals surface area (Å²) in [5.74, 6) is 0.746. The van der Waals surface area contributed by atoms with Crippen LogP contribution in [0.4, 0.5) is 0 Å². The van der Waals surface area contributed by atoms with Gasteiger partial charge in [-0.05, 0) is 24.6 Å². The molecule has 0 bridgehead atoms. The van der Waals surface area contributed by atoms with Crippen molar-refractivity contribution < 1.29 is 9.84 Å². The lowest BCUT2D eigenvalue weighted by Gasteiger charge is -2.28. The Hall–Kier alpha value is -0.620. The Kier molecular flexibility index (Phi) is 5.63. The van der Waals surface area contributed by atoms with Crippen molar-refractivity contribution in [3.8, 4) is 5.75 Å². The van der Waals surface area contributed by atoms with Crippen molar-refractivity contribution >= 4 is 15.9 Å². The molecule has 1 unspecified atom stereocenters. The highest BCUT2D eigenvalue weighted by Gasteiger charge is 2.16. The van der Waals surface area contributed by atoms with Gasteiger partial charge in [0.15, 0.2) is 0 Å². The molecule has 0 aliphatic carbocycles. The van der Waals surface area contributed by atoms with Gasteiger partial charge >= 0.3 is 0 Å². The number of hydrogen-bond donors (Lipinski definition) is 2. The molecule has 2 rings (SSSR count). The number of halogens is 1. The highest BCUT2D eigenvalue weighted by atomic mass is 79.9. The molecule has 0 saturated carbocycles. The maximum atomic E-state index is 10.3. The third-order valence-electron chi connectivity index (χ3n) is 3.48. The van der Waals surface area contributed by atoms with E-state index in [0.29, 0.717) is 0 Å². The summed E-state index contributed by atoms with van der Waals surface area (Å²) < 4.78 is 6.27. The Morgan fingerprint density at radius 1 is 1.42 bits per heavy atom. The molecular weight excluding hydrogens is 308 g/mol. The van der Waals surface area contributed by atoms with Crippen molar-refractivity contribution in [2.75, 3.05) is 39.8 Å². The Labute approximate surface area is 122 Å². The standard InChI is InChI=1S/C14H21BrN2O2/c1-19-14-3-2-11(15)10-12(14)13(18)4-7-17-8-5-16-6-9-17/h2-3,10,13,16,18H,4-9H2,1H3. The zero-order valence-corrected chi connectivity index (χ0v) is 12.8. The Balaban J connectivity index is 1.94. The van der Waals surface area contributed by atoms with Gasteiger partial charge in [-0.2, -0.15) is 0 Å². The van der Waals surface area contributed by atoms with Crippen LogP contribution in [0, 0.1) is 0 Å². The third-order valence-corrected chi connectivity index (χ3v) is 3.97. The molecule has 1 saturated heterocycles. The molecule has 1 heterocycles. The van der Waals surface area contributed by atoms with Crippen LogP contribution in [0.2, 0.25) is 0 Å². The summed E-state index contributed by atoms with van der Waals surface area (Å²) in [5, 5.41) is 13.7. The molecule has 0 radical (unpaired) electrons. The van der Waals surface area contributed by atoms with E-state index in [9.17, 15) is 5.11 Å². The number of piperazine rings is 1. The molecular formula is C14H21BrN2O2. The number of rotatable bonds is 5. The average molecular weight is 329 g/mol. The van der Waals surface area contributed by atoms with Crippen LogP contribution >= 0.6 is 15.9 Å². The average Bonchev–Trinajstić information content (AvgIpc) is 2.46. The minimum absolute atomic E-state index is 0.484. The molecule has 5 heteroatoms. The number of ether oxygens (including phenoxy) is 1. The summed E-state index contributed by atoms with van der Waals surface area (Å²) in [4.78, 5) is 2.38. The first-order valence-corrected chi connectivity index (χ1v) is 7.44. The third kappa shape index (κ3) is 4.18. The quantitative estimate of drug-likeness (QED) is 0.865. The topological polar surface area (TPSA) is 44.7 Å². The fourth-order valence-electron chi connectivity index (χ4n) is 2.36. The molecule has 0 amide bonds. The van der Waals surface area contributed by atoms with E-state index in [1.54, 1.807) is 7.11 Å². The second-order valence-electron chi connectivity index (χ2n) is 4.78. The SMILES string of the molecule is COc1ccc(Br)cc1C(O)CCN1CCNCC1. The maximum Gasteiger partial charge on any atom is 0.124 e. The summed E-state index contributed by atoms with van der Waals surface area (Å²) in [6, 6.07) is 5.74. The summed E-state index contributed by atoms with van der Waals surface area (Å²) in [7, 11) is 1.63. The van der Waals surface area contributed by atoms with Gasteiger partial charge in [0.05, 0.1) is 13.2 Å². The van der Waals surface area contributed by atoms with E-state index < -0.39 is 6.10 Å². The van der Waals surface area contributed by atoms with Gasteiger partial charge in [0, 0.05) is 42.8 Å². The number of aliphatic hydroxyl groups is 1. The van der Waals surface area contributed by atoms with Crippen LogP contribution in [0.5, 0.6) is 5.75 Å². The number of benzene rings is 1. The molecule has 106 valence electrons. The summed E-state index contributed by atoms with van der Waals surface area (Å²) in [6.45, 7) is 5.11. The first kappa shape index (κ1) is 14.8. The van der Waals surface area contributed by atoms with Gasteiger partial charge in [-0.1, -0.05) is 15.9 Å². The van der Waals surface area contributed by atoms with Gasteiger partial charge in [-0.25, -0.2) is 0 Å². The number of nitrogens with one attached hydrogen (secondary N) is 1. The Morgan fingerprint density at radius 2 is 2.16 bits per heavy atom. The van der Waals surface area contributed by atoms with Crippen molar-refractivity contribution in [2.24, 2.45) is 0 Å². The van der Waals surface area contributed by atoms with Gasteiger partial charge in [0.1, 0.15) is 5.75 Å². The maximum absolute atomic E-state index is 10.3. The molecule has 2 N–H and O–H groups in total. The highest BCUT2D eigenvalue weighted by molar-refractivity contribution is 9.10. The minimum Gasteiger partial charge on any atom is -0.496 e. The van der Waals surface area contributed by atoms with Gasteiger partial charge in [0.2, 0.25) is 0 Å². The lowest BCUT2D eigenvalue weighted by atomic mass is 10.1. The second-order valence-corrected chi connectivity index (χ2v) is 5.70. The molecule has 1 aliphatic rings. The minimum atomic E-state index is -0.484. The van der Waals surface area contributed by atoms with Crippen LogP contribution in [0.25, 0.3) is 0 Å². The van der Waals surface area contributed by atoms with Crippen molar-refractivity contribution in [2.45, 2.75) is 12.5 Å². The van der Waals surface area contributed by atoms with Crippen LogP contribution in [0.1, 0.15) is 18.1 Å². The van der Waals surface area contributed by atoms with E-state index in [2.05, 4.69) is 26.1 Å². The molecule has 1 aliphatic heterocycles. The first-order valence-electron chi connectivity index (χ1n) is 6.65. The van der Waals surface area contributed by atoms with Crippen LogP contribution in [-0.4, -0.2) is 49.8 Å². The van der Waals surface area contributed by atoms with E-state index in [1.807, 2.05) is 18.2 Å². The Morgan fingerprint density at radius 3 is 2.84 bits per heavy atom. The number of hydrogen-bond acceptors (Lipinski definition) is 4. The normalized spacial score (nSPS) is 18.3. The molecule has 1 aromatic carbocycles. The van der Waals surface area contributed by atoms with Gasteiger partial charge in [-0.15, -0.1) is 0 Å². The molecule has 1 aromatic rings. The number of methoxy groups -OCH3 is 1. The molecule has 4 nitrogen and oxygen atoms in total. The van der Waals surface area contributed by atoms with Gasteiger partial charge in [0.25, 0.3) is 0 Å². The van der Waals surface area contributed by atoms with E-state index in [-0.39, 0.29) is 0 Å². The first-order chi connectivity index (χ1) is 9.20. The van der Waals surface area contributed by atoms with E-state index in [0.717, 1.165) is 54.9 Å². The van der Waals surface area contributed by atoms with Gasteiger partial charge in [-0.3, -0.25) is 0 Å². The lowest BCUT2D eigenvalue weighted by molar-refractivity contribution is 0.134. The molecule has 0 spiro atoms. The van der Waals surface area contributed by atoms with Crippen LogP contribution in [-0.2, 0) is 0 Å². The summed E-state index contributed by atoms with van der Waals surface area (Å²) in [5.41, 5.74) is 0.854. The van der Waals surface area contributed by atoms with Crippen molar-refractivity contribution in [3.05, 3.63) is 28.2 Å². The lowest BCUT2D eigenvalue weighted by Crippen LogP contribution is -2.44. The molecule has 19 heavy (non-hydrogen) atoms. The zero-order valence-electron chi connectivity index (χ0n) is 11.2. The Bertz CT molecular complexity index is 408.